The van der Waals surface area contributed by atoms with Crippen LogP contribution in [0.3, 0.4) is 0 Å². The highest BCUT2D eigenvalue weighted by atomic mass is 16.5. The van der Waals surface area contributed by atoms with Gasteiger partial charge in [-0.05, 0) is 30.7 Å². The Hall–Kier alpha value is -1.71. The lowest BCUT2D eigenvalue weighted by molar-refractivity contribution is -0.121. The first-order chi connectivity index (χ1) is 9.26. The van der Waals surface area contributed by atoms with Gasteiger partial charge in [-0.2, -0.15) is 0 Å². The number of unbranched alkanes of at least 4 members (excludes halogenated alkanes) is 2. The normalized spacial score (nSPS) is 10.0. The van der Waals surface area contributed by atoms with E-state index in [0.717, 1.165) is 30.8 Å². The Bertz CT molecular complexity index is 362. The number of ether oxygens (including phenoxy) is 2. The van der Waals surface area contributed by atoms with E-state index in [0.29, 0.717) is 19.6 Å². The van der Waals surface area contributed by atoms with Crippen molar-refractivity contribution in [2.24, 2.45) is 0 Å². The molecule has 0 aliphatic rings. The van der Waals surface area contributed by atoms with Gasteiger partial charge in [0.15, 0.2) is 0 Å². The molecule has 0 fully saturated rings. The van der Waals surface area contributed by atoms with Crippen LogP contribution in [0.2, 0.25) is 0 Å². The molecule has 106 valence electrons. The number of amides is 1. The molecule has 1 amide bonds. The van der Waals surface area contributed by atoms with Crippen molar-refractivity contribution < 1.29 is 14.3 Å². The van der Waals surface area contributed by atoms with Gasteiger partial charge in [0.2, 0.25) is 5.91 Å². The molecule has 1 rings (SSSR count). The van der Waals surface area contributed by atoms with E-state index in [9.17, 15) is 4.79 Å². The second kappa shape index (κ2) is 9.25. The molecule has 4 heteroatoms. The SMILES string of the molecule is CCCCCC(=O)NCCOc1ccc(OC)cc1. The number of carbonyl (C=O) groups excluding carboxylic acids is 1. The van der Waals surface area contributed by atoms with Crippen LogP contribution in [-0.4, -0.2) is 26.2 Å². The van der Waals surface area contributed by atoms with Crippen LogP contribution >= 0.6 is 0 Å². The summed E-state index contributed by atoms with van der Waals surface area (Å²) in [5, 5.41) is 2.85. The van der Waals surface area contributed by atoms with E-state index < -0.39 is 0 Å². The van der Waals surface area contributed by atoms with Crippen molar-refractivity contribution in [1.29, 1.82) is 0 Å². The van der Waals surface area contributed by atoms with Gasteiger partial charge >= 0.3 is 0 Å². The molecule has 0 atom stereocenters. The lowest BCUT2D eigenvalue weighted by Gasteiger charge is -2.08. The summed E-state index contributed by atoms with van der Waals surface area (Å²) in [6, 6.07) is 7.39. The number of benzene rings is 1. The van der Waals surface area contributed by atoms with Gasteiger partial charge < -0.3 is 14.8 Å². The van der Waals surface area contributed by atoms with Crippen LogP contribution in [0, 0.1) is 0 Å². The first kappa shape index (κ1) is 15.3. The monoisotopic (exact) mass is 265 g/mol. The second-order valence-electron chi connectivity index (χ2n) is 4.33. The van der Waals surface area contributed by atoms with E-state index in [2.05, 4.69) is 12.2 Å². The Morgan fingerprint density at radius 3 is 2.47 bits per heavy atom. The number of methoxy groups -OCH3 is 1. The Labute approximate surface area is 115 Å². The topological polar surface area (TPSA) is 47.6 Å². The van der Waals surface area contributed by atoms with Crippen molar-refractivity contribution in [3.05, 3.63) is 24.3 Å². The molecule has 1 N–H and O–H groups in total. The van der Waals surface area contributed by atoms with Crippen LogP contribution in [0.1, 0.15) is 32.6 Å². The molecular weight excluding hydrogens is 242 g/mol. The highest BCUT2D eigenvalue weighted by Gasteiger charge is 2.00. The summed E-state index contributed by atoms with van der Waals surface area (Å²) in [5.74, 6) is 1.68. The predicted octanol–water partition coefficient (Wildman–Crippen LogP) is 2.77. The zero-order valence-corrected chi connectivity index (χ0v) is 11.8. The van der Waals surface area contributed by atoms with Crippen molar-refractivity contribution in [3.8, 4) is 11.5 Å². The van der Waals surface area contributed by atoms with Crippen molar-refractivity contribution >= 4 is 5.91 Å². The Balaban J connectivity index is 2.11. The fourth-order valence-corrected chi connectivity index (χ4v) is 1.66. The van der Waals surface area contributed by atoms with Gasteiger partial charge in [0, 0.05) is 6.42 Å². The molecule has 0 bridgehead atoms. The van der Waals surface area contributed by atoms with Crippen LogP contribution in [0.15, 0.2) is 24.3 Å². The van der Waals surface area contributed by atoms with Gasteiger partial charge in [-0.15, -0.1) is 0 Å². The molecule has 0 radical (unpaired) electrons. The largest absolute Gasteiger partial charge is 0.497 e. The van der Waals surface area contributed by atoms with E-state index in [-0.39, 0.29) is 5.91 Å². The van der Waals surface area contributed by atoms with E-state index in [1.807, 2.05) is 24.3 Å². The lowest BCUT2D eigenvalue weighted by Crippen LogP contribution is -2.27. The van der Waals surface area contributed by atoms with Crippen molar-refractivity contribution in [2.45, 2.75) is 32.6 Å². The third-order valence-corrected chi connectivity index (χ3v) is 2.76. The standard InChI is InChI=1S/C15H23NO3/c1-3-4-5-6-15(17)16-11-12-19-14-9-7-13(18-2)8-10-14/h7-10H,3-6,11-12H2,1-2H3,(H,16,17). The molecule has 0 heterocycles. The minimum Gasteiger partial charge on any atom is -0.497 e. The second-order valence-corrected chi connectivity index (χ2v) is 4.33. The number of carbonyl (C=O) groups is 1. The van der Waals surface area contributed by atoms with Gasteiger partial charge in [0.05, 0.1) is 13.7 Å². The summed E-state index contributed by atoms with van der Waals surface area (Å²) in [4.78, 5) is 11.4. The fraction of sp³-hybridized carbons (Fsp3) is 0.533. The summed E-state index contributed by atoms with van der Waals surface area (Å²) < 4.78 is 10.6. The number of rotatable bonds is 9. The first-order valence-corrected chi connectivity index (χ1v) is 6.79. The molecule has 0 aromatic heterocycles. The predicted molar refractivity (Wildman–Crippen MR) is 75.6 cm³/mol. The van der Waals surface area contributed by atoms with Gasteiger partial charge in [0.25, 0.3) is 0 Å². The third kappa shape index (κ3) is 6.70. The molecule has 0 unspecified atom stereocenters. The maximum atomic E-state index is 11.4. The summed E-state index contributed by atoms with van der Waals surface area (Å²) in [7, 11) is 1.63. The number of hydrogen-bond acceptors (Lipinski definition) is 3. The quantitative estimate of drug-likeness (QED) is 0.698. The molecule has 4 nitrogen and oxygen atoms in total. The molecule has 0 aliphatic carbocycles. The smallest absolute Gasteiger partial charge is 0.220 e. The van der Waals surface area contributed by atoms with Gasteiger partial charge in [-0.25, -0.2) is 0 Å². The van der Waals surface area contributed by atoms with Crippen molar-refractivity contribution in [2.75, 3.05) is 20.3 Å². The lowest BCUT2D eigenvalue weighted by atomic mass is 10.2. The van der Waals surface area contributed by atoms with Crippen LogP contribution in [-0.2, 0) is 4.79 Å². The van der Waals surface area contributed by atoms with Crippen molar-refractivity contribution in [1.82, 2.24) is 5.32 Å². The molecule has 0 spiro atoms. The van der Waals surface area contributed by atoms with Gasteiger partial charge in [-0.1, -0.05) is 19.8 Å². The minimum absolute atomic E-state index is 0.104. The summed E-state index contributed by atoms with van der Waals surface area (Å²) in [6.45, 7) is 3.14. The Morgan fingerprint density at radius 1 is 1.16 bits per heavy atom. The molecular formula is C15H23NO3. The molecule has 1 aromatic rings. The average Bonchev–Trinajstić information content (AvgIpc) is 2.44. The molecule has 0 aliphatic heterocycles. The zero-order chi connectivity index (χ0) is 13.9. The van der Waals surface area contributed by atoms with Crippen LogP contribution in [0.4, 0.5) is 0 Å². The molecule has 0 saturated carbocycles. The van der Waals surface area contributed by atoms with Gasteiger partial charge in [-0.3, -0.25) is 4.79 Å². The number of hydrogen-bond donors (Lipinski definition) is 1. The van der Waals surface area contributed by atoms with E-state index in [1.54, 1.807) is 7.11 Å². The fourth-order valence-electron chi connectivity index (χ4n) is 1.66. The molecule has 1 aromatic carbocycles. The van der Waals surface area contributed by atoms with E-state index in [4.69, 9.17) is 9.47 Å². The molecule has 19 heavy (non-hydrogen) atoms. The maximum absolute atomic E-state index is 11.4. The Kier molecular flexibility index (Phi) is 7.47. The van der Waals surface area contributed by atoms with E-state index in [1.165, 1.54) is 0 Å². The summed E-state index contributed by atoms with van der Waals surface area (Å²) >= 11 is 0. The van der Waals surface area contributed by atoms with Gasteiger partial charge in [0.1, 0.15) is 18.1 Å². The first-order valence-electron chi connectivity index (χ1n) is 6.79. The highest BCUT2D eigenvalue weighted by molar-refractivity contribution is 5.75. The number of nitrogens with one attached hydrogen (secondary N) is 1. The van der Waals surface area contributed by atoms with E-state index >= 15 is 0 Å². The van der Waals surface area contributed by atoms with Crippen LogP contribution in [0.5, 0.6) is 11.5 Å². The molecule has 0 saturated heterocycles. The zero-order valence-electron chi connectivity index (χ0n) is 11.8. The van der Waals surface area contributed by atoms with Crippen LogP contribution in [0.25, 0.3) is 0 Å². The van der Waals surface area contributed by atoms with Crippen molar-refractivity contribution in [3.63, 3.8) is 0 Å². The summed E-state index contributed by atoms with van der Waals surface area (Å²) in [5.41, 5.74) is 0. The summed E-state index contributed by atoms with van der Waals surface area (Å²) in [6.07, 6.45) is 3.81. The average molecular weight is 265 g/mol. The highest BCUT2D eigenvalue weighted by Crippen LogP contribution is 2.16. The third-order valence-electron chi connectivity index (χ3n) is 2.76. The Morgan fingerprint density at radius 2 is 1.84 bits per heavy atom. The van der Waals surface area contributed by atoms with Crippen LogP contribution < -0.4 is 14.8 Å². The minimum atomic E-state index is 0.104. The maximum Gasteiger partial charge on any atom is 0.220 e.